The molecule has 0 fully saturated rings. The summed E-state index contributed by atoms with van der Waals surface area (Å²) in [5.74, 6) is 1.35. The van der Waals surface area contributed by atoms with E-state index in [1.807, 2.05) is 0 Å². The Balaban J connectivity index is 2.98. The second-order valence-corrected chi connectivity index (χ2v) is 3.78. The van der Waals surface area contributed by atoms with Crippen molar-refractivity contribution in [2.45, 2.75) is 6.42 Å². The zero-order valence-electron chi connectivity index (χ0n) is 11.7. The molecule has 6 nitrogen and oxygen atoms in total. The molecule has 0 saturated carbocycles. The molecule has 1 aromatic rings. The largest absolute Gasteiger partial charge is 0.493 e. The average molecular weight is 268 g/mol. The molecule has 0 aliphatic rings. The molecule has 6 heteroatoms. The maximum atomic E-state index is 11.7. The Bertz CT molecular complexity index is 435. The molecule has 1 rings (SSSR count). The summed E-state index contributed by atoms with van der Waals surface area (Å²) in [6.45, 7) is 0.613. The lowest BCUT2D eigenvalue weighted by Crippen LogP contribution is -2.19. The van der Waals surface area contributed by atoms with Gasteiger partial charge in [-0.1, -0.05) is 0 Å². The molecule has 0 atom stereocenters. The molecule has 0 heterocycles. The summed E-state index contributed by atoms with van der Waals surface area (Å²) in [4.78, 5) is 11.7. The number of carbonyl (C=O) groups excluding carboxylic acids is 1. The van der Waals surface area contributed by atoms with E-state index in [2.05, 4.69) is 10.6 Å². The zero-order valence-corrected chi connectivity index (χ0v) is 11.7. The monoisotopic (exact) mass is 268 g/mol. The van der Waals surface area contributed by atoms with E-state index < -0.39 is 0 Å². The van der Waals surface area contributed by atoms with Gasteiger partial charge in [-0.05, 0) is 19.2 Å². The van der Waals surface area contributed by atoms with Crippen LogP contribution in [0.3, 0.4) is 0 Å². The maximum Gasteiger partial charge on any atom is 0.225 e. The summed E-state index contributed by atoms with van der Waals surface area (Å²) in [5, 5.41) is 5.70. The molecular weight excluding hydrogens is 248 g/mol. The summed E-state index contributed by atoms with van der Waals surface area (Å²) in [7, 11) is 6.38. The van der Waals surface area contributed by atoms with Crippen LogP contribution in [0.5, 0.6) is 17.2 Å². The van der Waals surface area contributed by atoms with E-state index in [1.165, 1.54) is 14.2 Å². The van der Waals surface area contributed by atoms with Gasteiger partial charge in [0.2, 0.25) is 11.7 Å². The predicted octanol–water partition coefficient (Wildman–Crippen LogP) is 1.26. The average Bonchev–Trinajstić information content (AvgIpc) is 2.44. The van der Waals surface area contributed by atoms with Gasteiger partial charge in [-0.2, -0.15) is 0 Å². The number of anilines is 1. The fourth-order valence-electron chi connectivity index (χ4n) is 1.65. The standard InChI is InChI=1S/C13H20N2O4/c1-14-8-7-11(16)15-9-5-6-10(17-2)13(19-4)12(9)18-3/h5-6,14H,7-8H2,1-4H3,(H,15,16). The van der Waals surface area contributed by atoms with E-state index in [0.717, 1.165) is 0 Å². The minimum Gasteiger partial charge on any atom is -0.493 e. The molecular formula is C13H20N2O4. The summed E-state index contributed by atoms with van der Waals surface area (Å²) in [6, 6.07) is 3.44. The van der Waals surface area contributed by atoms with Gasteiger partial charge >= 0.3 is 0 Å². The van der Waals surface area contributed by atoms with Crippen LogP contribution in [0.2, 0.25) is 0 Å². The Morgan fingerprint density at radius 2 is 1.79 bits per heavy atom. The number of methoxy groups -OCH3 is 3. The predicted molar refractivity (Wildman–Crippen MR) is 73.3 cm³/mol. The molecule has 0 radical (unpaired) electrons. The quantitative estimate of drug-likeness (QED) is 0.779. The fraction of sp³-hybridized carbons (Fsp3) is 0.462. The Hall–Kier alpha value is -1.95. The Morgan fingerprint density at radius 3 is 2.32 bits per heavy atom. The van der Waals surface area contributed by atoms with Crippen molar-refractivity contribution >= 4 is 11.6 Å². The van der Waals surface area contributed by atoms with E-state index in [0.29, 0.717) is 35.9 Å². The van der Waals surface area contributed by atoms with E-state index in [-0.39, 0.29) is 5.91 Å². The number of benzene rings is 1. The van der Waals surface area contributed by atoms with E-state index in [1.54, 1.807) is 26.3 Å². The van der Waals surface area contributed by atoms with Crippen LogP contribution in [-0.4, -0.2) is 40.8 Å². The van der Waals surface area contributed by atoms with Crippen molar-refractivity contribution in [3.63, 3.8) is 0 Å². The van der Waals surface area contributed by atoms with Crippen LogP contribution in [0, 0.1) is 0 Å². The number of carbonyl (C=O) groups is 1. The van der Waals surface area contributed by atoms with Gasteiger partial charge in [0, 0.05) is 13.0 Å². The molecule has 19 heavy (non-hydrogen) atoms. The molecule has 0 saturated heterocycles. The molecule has 2 N–H and O–H groups in total. The molecule has 0 spiro atoms. The molecule has 106 valence electrons. The lowest BCUT2D eigenvalue weighted by molar-refractivity contribution is -0.116. The Morgan fingerprint density at radius 1 is 1.11 bits per heavy atom. The number of amides is 1. The summed E-state index contributed by atoms with van der Waals surface area (Å²) < 4.78 is 15.7. The van der Waals surface area contributed by atoms with Crippen molar-refractivity contribution in [2.24, 2.45) is 0 Å². The second-order valence-electron chi connectivity index (χ2n) is 3.78. The van der Waals surface area contributed by atoms with Crippen LogP contribution in [-0.2, 0) is 4.79 Å². The molecule has 0 aliphatic carbocycles. The van der Waals surface area contributed by atoms with Crippen LogP contribution in [0.4, 0.5) is 5.69 Å². The molecule has 0 unspecified atom stereocenters. The summed E-state index contributed by atoms with van der Waals surface area (Å²) in [5.41, 5.74) is 0.557. The zero-order chi connectivity index (χ0) is 14.3. The van der Waals surface area contributed by atoms with E-state index >= 15 is 0 Å². The van der Waals surface area contributed by atoms with Gasteiger partial charge in [-0.25, -0.2) is 0 Å². The van der Waals surface area contributed by atoms with Crippen molar-refractivity contribution in [2.75, 3.05) is 40.2 Å². The number of ether oxygens (including phenoxy) is 3. The third-order valence-electron chi connectivity index (χ3n) is 2.58. The third kappa shape index (κ3) is 3.75. The van der Waals surface area contributed by atoms with Gasteiger partial charge in [0.1, 0.15) is 0 Å². The Kier molecular flexibility index (Phi) is 5.95. The topological polar surface area (TPSA) is 68.8 Å². The first-order chi connectivity index (χ1) is 9.17. The normalized spacial score (nSPS) is 9.89. The van der Waals surface area contributed by atoms with E-state index in [4.69, 9.17) is 14.2 Å². The van der Waals surface area contributed by atoms with Crippen LogP contribution in [0.1, 0.15) is 6.42 Å². The van der Waals surface area contributed by atoms with Crippen LogP contribution < -0.4 is 24.8 Å². The van der Waals surface area contributed by atoms with Gasteiger partial charge in [-0.3, -0.25) is 4.79 Å². The highest BCUT2D eigenvalue weighted by Gasteiger charge is 2.17. The van der Waals surface area contributed by atoms with Gasteiger partial charge in [-0.15, -0.1) is 0 Å². The van der Waals surface area contributed by atoms with Gasteiger partial charge in [0.25, 0.3) is 0 Å². The van der Waals surface area contributed by atoms with Gasteiger partial charge < -0.3 is 24.8 Å². The smallest absolute Gasteiger partial charge is 0.225 e. The second kappa shape index (κ2) is 7.48. The molecule has 0 bridgehead atoms. The van der Waals surface area contributed by atoms with E-state index in [9.17, 15) is 4.79 Å². The van der Waals surface area contributed by atoms with Crippen LogP contribution in [0.25, 0.3) is 0 Å². The first-order valence-electron chi connectivity index (χ1n) is 5.91. The number of hydrogen-bond donors (Lipinski definition) is 2. The van der Waals surface area contributed by atoms with Crippen molar-refractivity contribution in [1.82, 2.24) is 5.32 Å². The van der Waals surface area contributed by atoms with Crippen molar-refractivity contribution < 1.29 is 19.0 Å². The first-order valence-corrected chi connectivity index (χ1v) is 5.91. The SMILES string of the molecule is CNCCC(=O)Nc1ccc(OC)c(OC)c1OC. The summed E-state index contributed by atoms with van der Waals surface area (Å²) in [6.07, 6.45) is 0.383. The number of rotatable bonds is 7. The minimum atomic E-state index is -0.0973. The Labute approximate surface area is 113 Å². The molecule has 1 amide bonds. The van der Waals surface area contributed by atoms with Crippen molar-refractivity contribution in [3.8, 4) is 17.2 Å². The minimum absolute atomic E-state index is 0.0973. The highest BCUT2D eigenvalue weighted by atomic mass is 16.5. The summed E-state index contributed by atoms with van der Waals surface area (Å²) >= 11 is 0. The van der Waals surface area contributed by atoms with Crippen molar-refractivity contribution in [1.29, 1.82) is 0 Å². The fourth-order valence-corrected chi connectivity index (χ4v) is 1.65. The number of nitrogens with one attached hydrogen (secondary N) is 2. The number of hydrogen-bond acceptors (Lipinski definition) is 5. The lowest BCUT2D eigenvalue weighted by Gasteiger charge is -2.16. The van der Waals surface area contributed by atoms with Gasteiger partial charge in [0.05, 0.1) is 27.0 Å². The highest BCUT2D eigenvalue weighted by Crippen LogP contribution is 2.42. The molecule has 0 aliphatic heterocycles. The highest BCUT2D eigenvalue weighted by molar-refractivity contribution is 5.93. The van der Waals surface area contributed by atoms with Gasteiger partial charge in [0.15, 0.2) is 11.5 Å². The van der Waals surface area contributed by atoms with Crippen molar-refractivity contribution in [3.05, 3.63) is 12.1 Å². The third-order valence-corrected chi connectivity index (χ3v) is 2.58. The molecule has 0 aromatic heterocycles. The van der Waals surface area contributed by atoms with Crippen LogP contribution in [0.15, 0.2) is 12.1 Å². The first kappa shape index (κ1) is 15.1. The van der Waals surface area contributed by atoms with Crippen LogP contribution >= 0.6 is 0 Å². The lowest BCUT2D eigenvalue weighted by atomic mass is 10.2. The molecule has 1 aromatic carbocycles. The maximum absolute atomic E-state index is 11.7.